The molecule has 2 heterocycles. The third kappa shape index (κ3) is 2.57. The highest BCUT2D eigenvalue weighted by Crippen LogP contribution is 2.29. The molecule has 3 rings (SSSR count). The Kier molecular flexibility index (Phi) is 3.51. The zero-order chi connectivity index (χ0) is 14.1. The molecule has 0 saturated heterocycles. The van der Waals surface area contributed by atoms with Gasteiger partial charge in [0, 0.05) is 30.6 Å². The number of anilines is 1. The first-order chi connectivity index (χ1) is 9.63. The molecule has 6 heteroatoms. The molecule has 3 aromatic rings. The van der Waals surface area contributed by atoms with E-state index in [1.165, 1.54) is 0 Å². The molecule has 0 aliphatic rings. The Bertz CT molecular complexity index is 767. The van der Waals surface area contributed by atoms with Gasteiger partial charge in [0.1, 0.15) is 0 Å². The van der Waals surface area contributed by atoms with Crippen LogP contribution in [0, 0.1) is 6.92 Å². The van der Waals surface area contributed by atoms with Crippen molar-refractivity contribution in [2.75, 3.05) is 5.32 Å². The summed E-state index contributed by atoms with van der Waals surface area (Å²) in [6.45, 7) is 2.54. The molecule has 0 aliphatic heterocycles. The molecule has 4 nitrogen and oxygen atoms in total. The Balaban J connectivity index is 1.81. The number of aryl methyl sites for hydroxylation is 1. The van der Waals surface area contributed by atoms with Crippen molar-refractivity contribution in [2.24, 2.45) is 0 Å². The van der Waals surface area contributed by atoms with Gasteiger partial charge in [-0.2, -0.15) is 5.10 Å². The largest absolute Gasteiger partial charge is 0.380 e. The van der Waals surface area contributed by atoms with Crippen LogP contribution in [0.3, 0.4) is 0 Å². The molecule has 0 saturated carbocycles. The Morgan fingerprint density at radius 1 is 1.30 bits per heavy atom. The summed E-state index contributed by atoms with van der Waals surface area (Å²) in [7, 11) is 0. The second-order valence-corrected chi connectivity index (χ2v) is 5.29. The normalized spacial score (nSPS) is 10.9. The maximum Gasteiger partial charge on any atom is 0.155 e. The van der Waals surface area contributed by atoms with Gasteiger partial charge in [-0.25, -0.2) is 9.50 Å². The molecular formula is C14H12Cl2N4. The first kappa shape index (κ1) is 13.2. The minimum absolute atomic E-state index is 0.526. The first-order valence-electron chi connectivity index (χ1n) is 6.12. The molecule has 20 heavy (non-hydrogen) atoms. The van der Waals surface area contributed by atoms with Crippen molar-refractivity contribution in [2.45, 2.75) is 13.5 Å². The van der Waals surface area contributed by atoms with Crippen molar-refractivity contribution in [3.8, 4) is 0 Å². The van der Waals surface area contributed by atoms with Crippen molar-refractivity contribution in [3.63, 3.8) is 0 Å². The van der Waals surface area contributed by atoms with E-state index in [2.05, 4.69) is 15.4 Å². The Hall–Kier alpha value is -1.78. The van der Waals surface area contributed by atoms with E-state index < -0.39 is 0 Å². The molecule has 0 aliphatic carbocycles. The molecule has 1 aromatic carbocycles. The average molecular weight is 307 g/mol. The number of nitrogens with one attached hydrogen (secondary N) is 1. The predicted octanol–water partition coefficient (Wildman–Crippen LogP) is 3.96. The summed E-state index contributed by atoms with van der Waals surface area (Å²) < 4.78 is 1.77. The molecule has 102 valence electrons. The lowest BCUT2D eigenvalue weighted by atomic mass is 10.3. The van der Waals surface area contributed by atoms with Gasteiger partial charge < -0.3 is 5.32 Å². The number of hydrogen-bond acceptors (Lipinski definition) is 3. The average Bonchev–Trinajstić information content (AvgIpc) is 2.79. The molecular weight excluding hydrogens is 295 g/mol. The molecule has 0 fully saturated rings. The summed E-state index contributed by atoms with van der Waals surface area (Å²) >= 11 is 12.1. The van der Waals surface area contributed by atoms with Crippen molar-refractivity contribution in [1.29, 1.82) is 0 Å². The highest BCUT2D eigenvalue weighted by Gasteiger charge is 2.05. The van der Waals surface area contributed by atoms with Gasteiger partial charge in [-0.1, -0.05) is 29.3 Å². The van der Waals surface area contributed by atoms with E-state index in [9.17, 15) is 0 Å². The maximum absolute atomic E-state index is 6.13. The molecule has 0 amide bonds. The van der Waals surface area contributed by atoms with Crippen LogP contribution in [0.4, 0.5) is 5.69 Å². The van der Waals surface area contributed by atoms with Crippen molar-refractivity contribution < 1.29 is 0 Å². The van der Waals surface area contributed by atoms with E-state index in [-0.39, 0.29) is 0 Å². The number of benzene rings is 1. The summed E-state index contributed by atoms with van der Waals surface area (Å²) in [5.74, 6) is 0. The zero-order valence-electron chi connectivity index (χ0n) is 10.8. The lowest BCUT2D eigenvalue weighted by molar-refractivity contribution is 0.895. The number of nitrogens with zero attached hydrogens (tertiary/aromatic N) is 3. The van der Waals surface area contributed by atoms with Gasteiger partial charge in [0.15, 0.2) is 5.65 Å². The SMILES string of the molecule is Cc1cc2ncc(CNc3cccc(Cl)c3Cl)cn2n1. The van der Waals surface area contributed by atoms with Gasteiger partial charge in [0.25, 0.3) is 0 Å². The van der Waals surface area contributed by atoms with E-state index in [0.29, 0.717) is 16.6 Å². The van der Waals surface area contributed by atoms with Crippen LogP contribution in [0.2, 0.25) is 10.0 Å². The van der Waals surface area contributed by atoms with Gasteiger partial charge in [0.2, 0.25) is 0 Å². The summed E-state index contributed by atoms with van der Waals surface area (Å²) in [6, 6.07) is 7.44. The second-order valence-electron chi connectivity index (χ2n) is 4.51. The van der Waals surface area contributed by atoms with Crippen LogP contribution in [0.25, 0.3) is 5.65 Å². The van der Waals surface area contributed by atoms with Gasteiger partial charge in [-0.15, -0.1) is 0 Å². The first-order valence-corrected chi connectivity index (χ1v) is 6.88. The third-order valence-electron chi connectivity index (χ3n) is 2.92. The van der Waals surface area contributed by atoms with Crippen LogP contribution in [0.1, 0.15) is 11.3 Å². The fourth-order valence-electron chi connectivity index (χ4n) is 1.96. The lowest BCUT2D eigenvalue weighted by Crippen LogP contribution is -2.03. The zero-order valence-corrected chi connectivity index (χ0v) is 12.3. The molecule has 0 radical (unpaired) electrons. The van der Waals surface area contributed by atoms with E-state index in [4.69, 9.17) is 23.2 Å². The lowest BCUT2D eigenvalue weighted by Gasteiger charge is -2.09. The van der Waals surface area contributed by atoms with Crippen LogP contribution in [-0.4, -0.2) is 14.6 Å². The fourth-order valence-corrected chi connectivity index (χ4v) is 2.33. The summed E-state index contributed by atoms with van der Waals surface area (Å²) in [5.41, 5.74) is 3.60. The summed E-state index contributed by atoms with van der Waals surface area (Å²) in [5, 5.41) is 8.64. The van der Waals surface area contributed by atoms with Crippen LogP contribution < -0.4 is 5.32 Å². The maximum atomic E-state index is 6.13. The third-order valence-corrected chi connectivity index (χ3v) is 3.74. The predicted molar refractivity (Wildman–Crippen MR) is 81.5 cm³/mol. The molecule has 0 bridgehead atoms. The number of aromatic nitrogens is 3. The number of rotatable bonds is 3. The van der Waals surface area contributed by atoms with Crippen LogP contribution >= 0.6 is 23.2 Å². The molecule has 1 N–H and O–H groups in total. The van der Waals surface area contributed by atoms with Crippen molar-refractivity contribution in [1.82, 2.24) is 14.6 Å². The van der Waals surface area contributed by atoms with E-state index in [0.717, 1.165) is 22.6 Å². The summed E-state index contributed by atoms with van der Waals surface area (Å²) in [6.07, 6.45) is 3.77. The molecule has 0 unspecified atom stereocenters. The Morgan fingerprint density at radius 2 is 2.15 bits per heavy atom. The van der Waals surface area contributed by atoms with Crippen LogP contribution in [0.5, 0.6) is 0 Å². The molecule has 0 spiro atoms. The highest BCUT2D eigenvalue weighted by molar-refractivity contribution is 6.43. The quantitative estimate of drug-likeness (QED) is 0.796. The minimum Gasteiger partial charge on any atom is -0.380 e. The van der Waals surface area contributed by atoms with Gasteiger partial charge >= 0.3 is 0 Å². The van der Waals surface area contributed by atoms with Crippen LogP contribution in [-0.2, 0) is 6.54 Å². The Labute approximate surface area is 126 Å². The van der Waals surface area contributed by atoms with E-state index >= 15 is 0 Å². The van der Waals surface area contributed by atoms with Gasteiger partial charge in [0.05, 0.1) is 21.4 Å². The van der Waals surface area contributed by atoms with E-state index in [1.807, 2.05) is 37.5 Å². The number of fused-ring (bicyclic) bond motifs is 1. The van der Waals surface area contributed by atoms with E-state index in [1.54, 1.807) is 10.6 Å². The standard InChI is InChI=1S/C14H12Cl2N4/c1-9-5-13-18-7-10(8-20(13)19-9)6-17-12-4-2-3-11(15)14(12)16/h2-5,7-8,17H,6H2,1H3. The molecule has 0 atom stereocenters. The Morgan fingerprint density at radius 3 is 3.00 bits per heavy atom. The van der Waals surface area contributed by atoms with Gasteiger partial charge in [-0.05, 0) is 19.1 Å². The topological polar surface area (TPSA) is 42.2 Å². The van der Waals surface area contributed by atoms with Gasteiger partial charge in [-0.3, -0.25) is 0 Å². The van der Waals surface area contributed by atoms with Crippen LogP contribution in [0.15, 0.2) is 36.7 Å². The van der Waals surface area contributed by atoms with Crippen molar-refractivity contribution in [3.05, 3.63) is 58.0 Å². The number of hydrogen-bond donors (Lipinski definition) is 1. The molecule has 2 aromatic heterocycles. The fraction of sp³-hybridized carbons (Fsp3) is 0.143. The van der Waals surface area contributed by atoms with Crippen molar-refractivity contribution >= 4 is 34.5 Å². The minimum atomic E-state index is 0.526. The smallest absolute Gasteiger partial charge is 0.155 e. The highest BCUT2D eigenvalue weighted by atomic mass is 35.5. The monoisotopic (exact) mass is 306 g/mol. The second kappa shape index (κ2) is 5.31. The number of halogens is 2. The summed E-state index contributed by atoms with van der Waals surface area (Å²) in [4.78, 5) is 4.36.